The molecule has 0 unspecified atom stereocenters. The average Bonchev–Trinajstić information content (AvgIpc) is 2.21. The topological polar surface area (TPSA) is 65.4 Å². The second-order valence-electron chi connectivity index (χ2n) is 2.80. The normalized spacial score (nSPS) is 10.8. The molecule has 0 radical (unpaired) electrons. The maximum Gasteiger partial charge on any atom is 0.150 e. The number of hydrogen-bond acceptors (Lipinski definition) is 4. The zero-order valence-electron chi connectivity index (χ0n) is 7.54. The minimum Gasteiger partial charge on any atom is -0.394 e. The summed E-state index contributed by atoms with van der Waals surface area (Å²) in [6, 6.07) is 0.902. The van der Waals surface area contributed by atoms with Crippen molar-refractivity contribution in [1.29, 1.82) is 0 Å². The summed E-state index contributed by atoms with van der Waals surface area (Å²) >= 11 is 17.2. The largest absolute Gasteiger partial charge is 0.394 e. The first-order chi connectivity index (χ1) is 7.08. The first-order valence-corrected chi connectivity index (χ1v) is 5.21. The van der Waals surface area contributed by atoms with Gasteiger partial charge in [0.25, 0.3) is 0 Å². The van der Waals surface area contributed by atoms with E-state index in [2.05, 4.69) is 10.3 Å². The third-order valence-electron chi connectivity index (χ3n) is 1.67. The van der Waals surface area contributed by atoms with Crippen LogP contribution in [0.2, 0.25) is 15.2 Å². The van der Waals surface area contributed by atoms with Crippen molar-refractivity contribution in [3.05, 3.63) is 21.3 Å². The highest BCUT2D eigenvalue weighted by Gasteiger charge is 2.11. The number of halogens is 3. The van der Waals surface area contributed by atoms with Gasteiger partial charge in [0, 0.05) is 0 Å². The molecular weight excluding hydrogens is 262 g/mol. The molecule has 4 nitrogen and oxygen atoms in total. The van der Waals surface area contributed by atoms with Crippen molar-refractivity contribution in [2.75, 3.05) is 18.5 Å². The van der Waals surface area contributed by atoms with Gasteiger partial charge in [-0.15, -0.1) is 0 Å². The lowest BCUT2D eigenvalue weighted by Gasteiger charge is -2.15. The van der Waals surface area contributed by atoms with E-state index in [0.717, 1.165) is 0 Å². The van der Waals surface area contributed by atoms with Crippen LogP contribution >= 0.6 is 34.8 Å². The number of anilines is 1. The van der Waals surface area contributed by atoms with Crippen LogP contribution in [0.3, 0.4) is 0 Å². The Bertz CT molecular complexity index is 345. The molecule has 0 aliphatic heterocycles. The lowest BCUT2D eigenvalue weighted by atomic mass is 10.3. The maximum atomic E-state index is 8.85. The van der Waals surface area contributed by atoms with Gasteiger partial charge in [-0.1, -0.05) is 34.8 Å². The van der Waals surface area contributed by atoms with Gasteiger partial charge < -0.3 is 15.5 Å². The van der Waals surface area contributed by atoms with E-state index >= 15 is 0 Å². The molecule has 1 rings (SSSR count). The molecule has 0 saturated carbocycles. The molecule has 0 aliphatic carbocycles. The quantitative estimate of drug-likeness (QED) is 0.731. The summed E-state index contributed by atoms with van der Waals surface area (Å²) in [5.74, 6) is 0.277. The van der Waals surface area contributed by atoms with E-state index in [1.165, 1.54) is 6.07 Å². The van der Waals surface area contributed by atoms with Crippen LogP contribution in [0.4, 0.5) is 5.82 Å². The zero-order chi connectivity index (χ0) is 11.4. The zero-order valence-corrected chi connectivity index (χ0v) is 9.81. The van der Waals surface area contributed by atoms with E-state index in [1.54, 1.807) is 0 Å². The molecule has 1 heterocycles. The van der Waals surface area contributed by atoms with Crippen LogP contribution in [-0.2, 0) is 0 Å². The van der Waals surface area contributed by atoms with Crippen molar-refractivity contribution < 1.29 is 10.2 Å². The third-order valence-corrected chi connectivity index (χ3v) is 2.63. The Morgan fingerprint density at radius 2 is 1.80 bits per heavy atom. The maximum absolute atomic E-state index is 8.85. The summed E-state index contributed by atoms with van der Waals surface area (Å²) in [5, 5.41) is 21.1. The molecule has 0 bridgehead atoms. The highest BCUT2D eigenvalue weighted by Crippen LogP contribution is 2.29. The van der Waals surface area contributed by atoms with E-state index in [1.807, 2.05) is 0 Å². The summed E-state index contributed by atoms with van der Waals surface area (Å²) in [6.45, 7) is -0.483. The van der Waals surface area contributed by atoms with E-state index < -0.39 is 6.04 Å². The molecule has 1 aromatic rings. The van der Waals surface area contributed by atoms with Crippen LogP contribution in [0.1, 0.15) is 0 Å². The molecule has 0 amide bonds. The molecule has 7 heteroatoms. The second kappa shape index (κ2) is 5.72. The molecule has 1 aromatic heterocycles. The van der Waals surface area contributed by atoms with Crippen molar-refractivity contribution in [1.82, 2.24) is 4.98 Å². The third kappa shape index (κ3) is 3.36. The smallest absolute Gasteiger partial charge is 0.150 e. The first kappa shape index (κ1) is 12.8. The fourth-order valence-electron chi connectivity index (χ4n) is 0.888. The SMILES string of the molecule is OCC(CO)Nc1nc(Cl)c(Cl)cc1Cl. The number of aliphatic hydroxyl groups excluding tert-OH is 2. The predicted molar refractivity (Wildman–Crippen MR) is 60.8 cm³/mol. The minimum atomic E-state index is -0.535. The van der Waals surface area contributed by atoms with Crippen molar-refractivity contribution in [3.63, 3.8) is 0 Å². The molecule has 0 spiro atoms. The molecule has 84 valence electrons. The number of nitrogens with zero attached hydrogens (tertiary/aromatic N) is 1. The van der Waals surface area contributed by atoms with Gasteiger partial charge in [0.15, 0.2) is 0 Å². The van der Waals surface area contributed by atoms with E-state index in [9.17, 15) is 0 Å². The van der Waals surface area contributed by atoms with Gasteiger partial charge >= 0.3 is 0 Å². The van der Waals surface area contributed by atoms with Crippen LogP contribution in [-0.4, -0.2) is 34.5 Å². The summed E-state index contributed by atoms with van der Waals surface area (Å²) < 4.78 is 0. The van der Waals surface area contributed by atoms with Crippen molar-refractivity contribution in [3.8, 4) is 0 Å². The summed E-state index contributed by atoms with van der Waals surface area (Å²) in [5.41, 5.74) is 0. The van der Waals surface area contributed by atoms with E-state index in [4.69, 9.17) is 45.0 Å². The van der Waals surface area contributed by atoms with Gasteiger partial charge in [-0.2, -0.15) is 0 Å². The highest BCUT2D eigenvalue weighted by atomic mass is 35.5. The second-order valence-corrected chi connectivity index (χ2v) is 3.97. The van der Waals surface area contributed by atoms with E-state index in [0.29, 0.717) is 0 Å². The number of aliphatic hydroxyl groups is 2. The standard InChI is InChI=1S/C8H9Cl3N2O2/c9-5-1-6(10)8(13-7(5)11)12-4(2-14)3-15/h1,4,14-15H,2-3H2,(H,12,13). The van der Waals surface area contributed by atoms with Gasteiger partial charge in [0.1, 0.15) is 11.0 Å². The Morgan fingerprint density at radius 1 is 1.20 bits per heavy atom. The molecule has 0 aliphatic rings. The highest BCUT2D eigenvalue weighted by molar-refractivity contribution is 6.42. The molecule has 0 fully saturated rings. The van der Waals surface area contributed by atoms with Crippen molar-refractivity contribution in [2.24, 2.45) is 0 Å². The van der Waals surface area contributed by atoms with Crippen LogP contribution in [0.5, 0.6) is 0 Å². The summed E-state index contributed by atoms with van der Waals surface area (Å²) in [4.78, 5) is 3.88. The van der Waals surface area contributed by atoms with Crippen molar-refractivity contribution >= 4 is 40.6 Å². The Balaban J connectivity index is 2.89. The number of pyridine rings is 1. The van der Waals surface area contributed by atoms with Crippen LogP contribution in [0.15, 0.2) is 6.07 Å². The number of nitrogens with one attached hydrogen (secondary N) is 1. The number of rotatable bonds is 4. The van der Waals surface area contributed by atoms with Crippen LogP contribution in [0.25, 0.3) is 0 Å². The van der Waals surface area contributed by atoms with Crippen molar-refractivity contribution in [2.45, 2.75) is 6.04 Å². The predicted octanol–water partition coefficient (Wildman–Crippen LogP) is 1.81. The van der Waals surface area contributed by atoms with Gasteiger partial charge in [0.05, 0.1) is 29.3 Å². The molecule has 3 N–H and O–H groups in total. The summed E-state index contributed by atoms with van der Waals surface area (Å²) in [6.07, 6.45) is 0. The Kier molecular flexibility index (Phi) is 4.89. The minimum absolute atomic E-state index is 0.109. The van der Waals surface area contributed by atoms with Gasteiger partial charge in [-0.05, 0) is 6.07 Å². The Morgan fingerprint density at radius 3 is 2.33 bits per heavy atom. The summed E-state index contributed by atoms with van der Waals surface area (Å²) in [7, 11) is 0. The van der Waals surface area contributed by atoms with Crippen LogP contribution in [0, 0.1) is 0 Å². The lowest BCUT2D eigenvalue weighted by molar-refractivity contribution is 0.203. The Labute approximate surface area is 102 Å². The number of hydrogen-bond donors (Lipinski definition) is 3. The molecule has 0 aromatic carbocycles. The fraction of sp³-hybridized carbons (Fsp3) is 0.375. The molecule has 0 saturated heterocycles. The fourth-order valence-corrected chi connectivity index (χ4v) is 1.44. The molecular formula is C8H9Cl3N2O2. The first-order valence-electron chi connectivity index (χ1n) is 4.08. The van der Waals surface area contributed by atoms with Gasteiger partial charge in [-0.3, -0.25) is 0 Å². The lowest BCUT2D eigenvalue weighted by Crippen LogP contribution is -2.28. The monoisotopic (exact) mass is 270 g/mol. The van der Waals surface area contributed by atoms with Gasteiger partial charge in [0.2, 0.25) is 0 Å². The average molecular weight is 272 g/mol. The molecule has 15 heavy (non-hydrogen) atoms. The van der Waals surface area contributed by atoms with E-state index in [-0.39, 0.29) is 34.2 Å². The van der Waals surface area contributed by atoms with Crippen LogP contribution < -0.4 is 5.32 Å². The van der Waals surface area contributed by atoms with Gasteiger partial charge in [-0.25, -0.2) is 4.98 Å². The Hall–Kier alpha value is -0.260. The number of aromatic nitrogens is 1. The molecule has 0 atom stereocenters.